The molecule has 1 aliphatic carbocycles. The number of amides is 2. The molecule has 35 heavy (non-hydrogen) atoms. The van der Waals surface area contributed by atoms with Crippen molar-refractivity contribution < 1.29 is 22.5 Å². The van der Waals surface area contributed by atoms with Crippen LogP contribution in [-0.4, -0.2) is 65.9 Å². The number of halogens is 2. The van der Waals surface area contributed by atoms with Crippen molar-refractivity contribution in [3.63, 3.8) is 0 Å². The average Bonchev–Trinajstić information content (AvgIpc) is 3.27. The van der Waals surface area contributed by atoms with Gasteiger partial charge in [-0.2, -0.15) is 4.31 Å². The van der Waals surface area contributed by atoms with Crippen LogP contribution in [0.15, 0.2) is 33.7 Å². The first kappa shape index (κ1) is 25.9. The number of nitrogens with two attached hydrogens (primary N) is 1. The van der Waals surface area contributed by atoms with Crippen LogP contribution in [0.25, 0.3) is 0 Å². The lowest BCUT2D eigenvalue weighted by molar-refractivity contribution is -0.132. The molecule has 2 heterocycles. The maximum atomic E-state index is 13.7. The second-order valence-electron chi connectivity index (χ2n) is 8.86. The fourth-order valence-corrected chi connectivity index (χ4v) is 6.44. The minimum absolute atomic E-state index is 0.00211. The van der Waals surface area contributed by atoms with E-state index in [1.807, 2.05) is 0 Å². The lowest BCUT2D eigenvalue weighted by Gasteiger charge is -2.42. The average molecular weight is 544 g/mol. The number of nitrogens with zero attached hydrogens (tertiary/aromatic N) is 3. The number of benzene rings is 1. The molecule has 1 aromatic carbocycles. The summed E-state index contributed by atoms with van der Waals surface area (Å²) in [5, 5.41) is 6.97. The Bertz CT molecular complexity index is 1210. The summed E-state index contributed by atoms with van der Waals surface area (Å²) >= 11 is 12.0. The molecule has 190 valence electrons. The van der Waals surface area contributed by atoms with Crippen molar-refractivity contribution in [2.24, 2.45) is 5.73 Å². The van der Waals surface area contributed by atoms with Gasteiger partial charge in [-0.05, 0) is 57.2 Å². The number of sulfonamides is 1. The van der Waals surface area contributed by atoms with Crippen LogP contribution in [0.1, 0.15) is 48.4 Å². The van der Waals surface area contributed by atoms with Crippen LogP contribution in [0.4, 0.5) is 0 Å². The maximum absolute atomic E-state index is 13.7. The molecule has 2 aliphatic rings. The van der Waals surface area contributed by atoms with Crippen molar-refractivity contribution in [1.82, 2.24) is 19.7 Å². The molecule has 2 fully saturated rings. The van der Waals surface area contributed by atoms with Crippen LogP contribution in [0.5, 0.6) is 0 Å². The Labute approximate surface area is 213 Å². The van der Waals surface area contributed by atoms with Crippen molar-refractivity contribution in [2.45, 2.75) is 62.2 Å². The summed E-state index contributed by atoms with van der Waals surface area (Å²) < 4.78 is 33.4. The third-order valence-corrected chi connectivity index (χ3v) is 8.89. The van der Waals surface area contributed by atoms with Gasteiger partial charge in [-0.3, -0.25) is 9.59 Å². The molecule has 4 rings (SSSR count). The van der Waals surface area contributed by atoms with E-state index in [9.17, 15) is 18.0 Å². The fourth-order valence-electron chi connectivity index (χ4n) is 4.46. The zero-order valence-electron chi connectivity index (χ0n) is 19.1. The third-order valence-electron chi connectivity index (χ3n) is 6.30. The molecule has 1 aromatic heterocycles. The molecule has 1 atom stereocenters. The molecule has 2 aromatic rings. The van der Waals surface area contributed by atoms with E-state index in [-0.39, 0.29) is 45.8 Å². The lowest BCUT2D eigenvalue weighted by atomic mass is 9.92. The normalized spacial score (nSPS) is 23.8. The van der Waals surface area contributed by atoms with Gasteiger partial charge >= 0.3 is 0 Å². The van der Waals surface area contributed by atoms with E-state index in [0.717, 1.165) is 17.1 Å². The van der Waals surface area contributed by atoms with E-state index in [1.165, 1.54) is 29.2 Å². The Morgan fingerprint density at radius 2 is 1.83 bits per heavy atom. The molecule has 1 unspecified atom stereocenters. The highest BCUT2D eigenvalue weighted by atomic mass is 35.5. The Balaban J connectivity index is 1.69. The summed E-state index contributed by atoms with van der Waals surface area (Å²) in [6.45, 7) is 1.85. The smallest absolute Gasteiger partial charge is 0.277 e. The summed E-state index contributed by atoms with van der Waals surface area (Å²) in [7, 11) is -4.22. The van der Waals surface area contributed by atoms with Crippen LogP contribution in [0.3, 0.4) is 0 Å². The Morgan fingerprint density at radius 3 is 2.46 bits per heavy atom. The molecule has 1 aliphatic heterocycles. The zero-order valence-corrected chi connectivity index (χ0v) is 21.4. The number of carbonyl (C=O) groups excluding carboxylic acids is 2. The number of hydrogen-bond acceptors (Lipinski definition) is 7. The van der Waals surface area contributed by atoms with Crippen LogP contribution in [0, 0.1) is 6.92 Å². The highest BCUT2D eigenvalue weighted by Crippen LogP contribution is 2.30. The summed E-state index contributed by atoms with van der Waals surface area (Å²) in [6.07, 6.45) is 1.77. The molecular weight excluding hydrogens is 517 g/mol. The first-order valence-corrected chi connectivity index (χ1v) is 13.5. The zero-order chi connectivity index (χ0) is 25.3. The van der Waals surface area contributed by atoms with Gasteiger partial charge in [0.05, 0.1) is 14.9 Å². The second-order valence-corrected chi connectivity index (χ2v) is 11.6. The standard InChI is InChI=1S/C22H27Cl2N5O5S/c1-13-11-19(27-34-13)22(31)28-9-2-10-29(35(32,33)16-7-8-17(23)18(24)12-16)21(28)20(30)26-15-5-3-14(25)4-6-15/h7-8,11-12,14-15,21H,2-6,9-10,25H2,1H3,(H,26,30). The van der Waals surface area contributed by atoms with E-state index in [1.54, 1.807) is 6.92 Å². The van der Waals surface area contributed by atoms with Gasteiger partial charge in [-0.1, -0.05) is 28.4 Å². The number of rotatable bonds is 5. The van der Waals surface area contributed by atoms with E-state index in [0.29, 0.717) is 25.0 Å². The number of aryl methyl sites for hydroxylation is 1. The monoisotopic (exact) mass is 543 g/mol. The summed E-state index contributed by atoms with van der Waals surface area (Å²) in [5.74, 6) is -0.755. The summed E-state index contributed by atoms with van der Waals surface area (Å²) in [6, 6.07) is 5.30. The van der Waals surface area contributed by atoms with Gasteiger partial charge in [-0.25, -0.2) is 8.42 Å². The highest BCUT2D eigenvalue weighted by Gasteiger charge is 2.45. The predicted octanol–water partition coefficient (Wildman–Crippen LogP) is 2.54. The van der Waals surface area contributed by atoms with Gasteiger partial charge in [0.1, 0.15) is 5.76 Å². The molecule has 0 radical (unpaired) electrons. The molecule has 10 nitrogen and oxygen atoms in total. The molecule has 0 spiro atoms. The number of carbonyl (C=O) groups is 2. The number of aromatic nitrogens is 1. The Morgan fingerprint density at radius 1 is 1.11 bits per heavy atom. The molecule has 3 N–H and O–H groups in total. The van der Waals surface area contributed by atoms with Gasteiger partial charge in [0.25, 0.3) is 11.8 Å². The highest BCUT2D eigenvalue weighted by molar-refractivity contribution is 7.89. The molecular formula is C22H27Cl2N5O5S. The van der Waals surface area contributed by atoms with Crippen molar-refractivity contribution in [2.75, 3.05) is 13.1 Å². The van der Waals surface area contributed by atoms with E-state index in [4.69, 9.17) is 33.5 Å². The van der Waals surface area contributed by atoms with Crippen molar-refractivity contribution in [3.05, 3.63) is 45.8 Å². The van der Waals surface area contributed by atoms with E-state index in [2.05, 4.69) is 10.5 Å². The molecule has 13 heteroatoms. The van der Waals surface area contributed by atoms with Crippen LogP contribution < -0.4 is 11.1 Å². The molecule has 1 saturated heterocycles. The third kappa shape index (κ3) is 5.49. The summed E-state index contributed by atoms with van der Waals surface area (Å²) in [4.78, 5) is 28.0. The SMILES string of the molecule is Cc1cc(C(=O)N2CCCN(S(=O)(=O)c3ccc(Cl)c(Cl)c3)C2C(=O)NC2CCC(N)CC2)no1. The molecule has 0 bridgehead atoms. The summed E-state index contributed by atoms with van der Waals surface area (Å²) in [5.41, 5.74) is 5.97. The predicted molar refractivity (Wildman–Crippen MR) is 129 cm³/mol. The number of hydrogen-bond donors (Lipinski definition) is 2. The van der Waals surface area contributed by atoms with Crippen molar-refractivity contribution in [1.29, 1.82) is 0 Å². The van der Waals surface area contributed by atoms with E-state index < -0.39 is 28.0 Å². The van der Waals surface area contributed by atoms with Crippen LogP contribution in [-0.2, 0) is 14.8 Å². The first-order valence-electron chi connectivity index (χ1n) is 11.3. The quantitative estimate of drug-likeness (QED) is 0.590. The Hall–Kier alpha value is -2.18. The van der Waals surface area contributed by atoms with Gasteiger partial charge in [-0.15, -0.1) is 0 Å². The minimum Gasteiger partial charge on any atom is -0.361 e. The minimum atomic E-state index is -4.22. The topological polar surface area (TPSA) is 139 Å². The molecule has 1 saturated carbocycles. The lowest BCUT2D eigenvalue weighted by Crippen LogP contribution is -2.64. The van der Waals surface area contributed by atoms with Gasteiger partial charge in [0, 0.05) is 31.2 Å². The molecule has 2 amide bonds. The second kappa shape index (κ2) is 10.4. The number of nitrogens with one attached hydrogen (secondary N) is 1. The van der Waals surface area contributed by atoms with E-state index >= 15 is 0 Å². The van der Waals surface area contributed by atoms with Crippen molar-refractivity contribution >= 4 is 45.0 Å². The largest absolute Gasteiger partial charge is 0.361 e. The van der Waals surface area contributed by atoms with Gasteiger partial charge in [0.15, 0.2) is 11.9 Å². The van der Waals surface area contributed by atoms with Gasteiger partial charge in [0.2, 0.25) is 10.0 Å². The Kier molecular flexibility index (Phi) is 7.72. The van der Waals surface area contributed by atoms with Gasteiger partial charge < -0.3 is 20.5 Å². The fraction of sp³-hybridized carbons (Fsp3) is 0.500. The maximum Gasteiger partial charge on any atom is 0.277 e. The van der Waals surface area contributed by atoms with Crippen LogP contribution in [0.2, 0.25) is 10.0 Å². The first-order chi connectivity index (χ1) is 16.6. The van der Waals surface area contributed by atoms with Crippen LogP contribution >= 0.6 is 23.2 Å². The van der Waals surface area contributed by atoms with Crippen molar-refractivity contribution in [3.8, 4) is 0 Å².